The molecule has 100 valence electrons. The van der Waals surface area contributed by atoms with Gasteiger partial charge in [0.1, 0.15) is 17.7 Å². The number of aliphatic hydroxyl groups excluding tert-OH is 1. The highest BCUT2D eigenvalue weighted by atomic mass is 35.5. The molecule has 0 radical (unpaired) electrons. The predicted molar refractivity (Wildman–Crippen MR) is 73.5 cm³/mol. The summed E-state index contributed by atoms with van der Waals surface area (Å²) in [5, 5.41) is 10.9. The number of benzene rings is 2. The zero-order chi connectivity index (χ0) is 14.0. The molecule has 0 heterocycles. The van der Waals surface area contributed by atoms with Crippen LogP contribution < -0.4 is 4.74 Å². The summed E-state index contributed by atoms with van der Waals surface area (Å²) in [6.45, 7) is 0. The maximum atomic E-state index is 13.2. The maximum Gasteiger partial charge on any atom is 0.138 e. The molecule has 2 aromatic rings. The Hall–Kier alpha value is -1.29. The van der Waals surface area contributed by atoms with Crippen LogP contribution in [0.1, 0.15) is 17.2 Å². The standard InChI is InChI=1S/C14H11Cl2FO2/c1-19-13-7-11(15)10(6-12(13)16)14(18)8-3-2-4-9(17)5-8/h2-7,14,18H,1H3. The van der Waals surface area contributed by atoms with Gasteiger partial charge in [0.05, 0.1) is 17.2 Å². The topological polar surface area (TPSA) is 29.5 Å². The van der Waals surface area contributed by atoms with Gasteiger partial charge in [0.2, 0.25) is 0 Å². The van der Waals surface area contributed by atoms with Crippen LogP contribution in [-0.2, 0) is 0 Å². The lowest BCUT2D eigenvalue weighted by molar-refractivity contribution is 0.220. The first-order chi connectivity index (χ1) is 9.02. The summed E-state index contributed by atoms with van der Waals surface area (Å²) in [6.07, 6.45) is -1.05. The summed E-state index contributed by atoms with van der Waals surface area (Å²) in [5.41, 5.74) is 0.807. The molecule has 2 aromatic carbocycles. The fraction of sp³-hybridized carbons (Fsp3) is 0.143. The summed E-state index contributed by atoms with van der Waals surface area (Å²) in [4.78, 5) is 0. The molecule has 1 atom stereocenters. The van der Waals surface area contributed by atoms with Gasteiger partial charge in [-0.1, -0.05) is 35.3 Å². The molecule has 0 spiro atoms. The van der Waals surface area contributed by atoms with E-state index >= 15 is 0 Å². The number of halogens is 3. The molecule has 2 rings (SSSR count). The summed E-state index contributed by atoms with van der Waals surface area (Å²) in [5.74, 6) is -0.00543. The highest BCUT2D eigenvalue weighted by Gasteiger charge is 2.17. The van der Waals surface area contributed by atoms with Gasteiger partial charge in [-0.05, 0) is 23.8 Å². The molecule has 0 aliphatic rings. The number of aliphatic hydroxyl groups is 1. The van der Waals surface area contributed by atoms with E-state index in [4.69, 9.17) is 27.9 Å². The Bertz CT molecular complexity index is 602. The molecule has 0 amide bonds. The number of rotatable bonds is 3. The average molecular weight is 301 g/mol. The Morgan fingerprint density at radius 2 is 1.89 bits per heavy atom. The second-order valence-electron chi connectivity index (χ2n) is 3.97. The molecule has 0 aliphatic carbocycles. The van der Waals surface area contributed by atoms with Gasteiger partial charge in [0.25, 0.3) is 0 Å². The molecule has 0 saturated carbocycles. The van der Waals surface area contributed by atoms with E-state index in [-0.39, 0.29) is 0 Å². The zero-order valence-corrected chi connectivity index (χ0v) is 11.5. The molecule has 0 bridgehead atoms. The first-order valence-electron chi connectivity index (χ1n) is 5.49. The van der Waals surface area contributed by atoms with Gasteiger partial charge in [-0.25, -0.2) is 4.39 Å². The average Bonchev–Trinajstić information content (AvgIpc) is 2.40. The van der Waals surface area contributed by atoms with Crippen molar-refractivity contribution in [1.29, 1.82) is 0 Å². The summed E-state index contributed by atoms with van der Waals surface area (Å²) < 4.78 is 18.2. The van der Waals surface area contributed by atoms with Crippen LogP contribution in [0.2, 0.25) is 10.0 Å². The van der Waals surface area contributed by atoms with Gasteiger partial charge in [-0.2, -0.15) is 0 Å². The van der Waals surface area contributed by atoms with Crippen molar-refractivity contribution in [3.05, 3.63) is 63.4 Å². The van der Waals surface area contributed by atoms with Gasteiger partial charge in [-0.3, -0.25) is 0 Å². The molecule has 0 aromatic heterocycles. The SMILES string of the molecule is COc1cc(Cl)c(C(O)c2cccc(F)c2)cc1Cl. The smallest absolute Gasteiger partial charge is 0.138 e. The van der Waals surface area contributed by atoms with E-state index in [0.29, 0.717) is 26.9 Å². The van der Waals surface area contributed by atoms with E-state index in [9.17, 15) is 9.50 Å². The number of hydrogen-bond donors (Lipinski definition) is 1. The third-order valence-electron chi connectivity index (χ3n) is 2.73. The molecular weight excluding hydrogens is 290 g/mol. The summed E-state index contributed by atoms with van der Waals surface area (Å²) in [6, 6.07) is 8.72. The molecule has 0 fully saturated rings. The molecule has 2 nitrogen and oxygen atoms in total. The van der Waals surface area contributed by atoms with Gasteiger partial charge in [0.15, 0.2) is 0 Å². The number of hydrogen-bond acceptors (Lipinski definition) is 2. The van der Waals surface area contributed by atoms with Crippen molar-refractivity contribution in [2.24, 2.45) is 0 Å². The predicted octanol–water partition coefficient (Wildman–Crippen LogP) is 4.22. The van der Waals surface area contributed by atoms with Crippen molar-refractivity contribution in [3.63, 3.8) is 0 Å². The Labute approximate surface area is 120 Å². The van der Waals surface area contributed by atoms with Crippen molar-refractivity contribution in [2.75, 3.05) is 7.11 Å². The van der Waals surface area contributed by atoms with Crippen LogP contribution in [0.25, 0.3) is 0 Å². The molecule has 0 saturated heterocycles. The second-order valence-corrected chi connectivity index (χ2v) is 4.78. The minimum Gasteiger partial charge on any atom is -0.495 e. The molecule has 0 aliphatic heterocycles. The van der Waals surface area contributed by atoms with Crippen LogP contribution in [0.4, 0.5) is 4.39 Å². The van der Waals surface area contributed by atoms with Crippen molar-refractivity contribution in [3.8, 4) is 5.75 Å². The lowest BCUT2D eigenvalue weighted by atomic mass is 10.0. The van der Waals surface area contributed by atoms with E-state index in [1.165, 1.54) is 37.4 Å². The maximum absolute atomic E-state index is 13.2. The van der Waals surface area contributed by atoms with E-state index in [0.717, 1.165) is 0 Å². The third kappa shape index (κ3) is 3.00. The number of methoxy groups -OCH3 is 1. The monoisotopic (exact) mass is 300 g/mol. The van der Waals surface area contributed by atoms with Gasteiger partial charge < -0.3 is 9.84 Å². The van der Waals surface area contributed by atoms with E-state index in [1.54, 1.807) is 6.07 Å². The van der Waals surface area contributed by atoms with Crippen molar-refractivity contribution in [2.45, 2.75) is 6.10 Å². The Morgan fingerprint density at radius 1 is 1.16 bits per heavy atom. The number of ether oxygens (including phenoxy) is 1. The van der Waals surface area contributed by atoms with Crippen molar-refractivity contribution < 1.29 is 14.2 Å². The summed E-state index contributed by atoms with van der Waals surface area (Å²) >= 11 is 12.1. The van der Waals surface area contributed by atoms with E-state index in [1.807, 2.05) is 0 Å². The Kier molecular flexibility index (Phi) is 4.30. The largest absolute Gasteiger partial charge is 0.495 e. The van der Waals surface area contributed by atoms with E-state index < -0.39 is 11.9 Å². The summed E-state index contributed by atoms with van der Waals surface area (Å²) in [7, 11) is 1.47. The van der Waals surface area contributed by atoms with Crippen molar-refractivity contribution in [1.82, 2.24) is 0 Å². The second kappa shape index (κ2) is 5.78. The van der Waals surface area contributed by atoms with Crippen LogP contribution >= 0.6 is 23.2 Å². The van der Waals surface area contributed by atoms with Gasteiger partial charge in [-0.15, -0.1) is 0 Å². The van der Waals surface area contributed by atoms with Gasteiger partial charge in [0, 0.05) is 11.6 Å². The first-order valence-corrected chi connectivity index (χ1v) is 6.25. The van der Waals surface area contributed by atoms with Crippen LogP contribution in [0.5, 0.6) is 5.75 Å². The normalized spacial score (nSPS) is 12.3. The minimum atomic E-state index is -1.05. The van der Waals surface area contributed by atoms with Crippen LogP contribution in [0.3, 0.4) is 0 Å². The van der Waals surface area contributed by atoms with Crippen LogP contribution in [0.15, 0.2) is 36.4 Å². The third-order valence-corrected chi connectivity index (χ3v) is 3.35. The minimum absolute atomic E-state index is 0.304. The van der Waals surface area contributed by atoms with Gasteiger partial charge >= 0.3 is 0 Å². The van der Waals surface area contributed by atoms with E-state index in [2.05, 4.69) is 0 Å². The molecule has 5 heteroatoms. The molecule has 19 heavy (non-hydrogen) atoms. The lowest BCUT2D eigenvalue weighted by Crippen LogP contribution is -2.01. The first kappa shape index (κ1) is 14.1. The zero-order valence-electron chi connectivity index (χ0n) is 10.0. The lowest BCUT2D eigenvalue weighted by Gasteiger charge is -2.15. The highest BCUT2D eigenvalue weighted by Crippen LogP contribution is 2.36. The fourth-order valence-corrected chi connectivity index (χ4v) is 2.27. The molecular formula is C14H11Cl2FO2. The fourth-order valence-electron chi connectivity index (χ4n) is 1.77. The molecule has 1 N–H and O–H groups in total. The van der Waals surface area contributed by atoms with Crippen molar-refractivity contribution >= 4 is 23.2 Å². The highest BCUT2D eigenvalue weighted by molar-refractivity contribution is 6.34. The van der Waals surface area contributed by atoms with Crippen LogP contribution in [-0.4, -0.2) is 12.2 Å². The molecule has 1 unspecified atom stereocenters. The Balaban J connectivity index is 2.44. The van der Waals surface area contributed by atoms with Crippen LogP contribution in [0, 0.1) is 5.82 Å². The Morgan fingerprint density at radius 3 is 2.53 bits per heavy atom. The quantitative estimate of drug-likeness (QED) is 0.919.